The molecule has 1 atom stereocenters. The molecule has 10 nitrogen and oxygen atoms in total. The highest BCUT2D eigenvalue weighted by Gasteiger charge is 2.31. The number of amides is 1. The number of anilines is 2. The minimum atomic E-state index is -0.544. The molecule has 0 spiro atoms. The van der Waals surface area contributed by atoms with Crippen LogP contribution in [0.15, 0.2) is 24.5 Å². The lowest BCUT2D eigenvalue weighted by molar-refractivity contribution is 0.0195. The third-order valence-electron chi connectivity index (χ3n) is 5.07. The van der Waals surface area contributed by atoms with Gasteiger partial charge in [0.1, 0.15) is 30.4 Å². The number of hydroxylamine groups is 1. The zero-order valence-electron chi connectivity index (χ0n) is 15.3. The highest BCUT2D eigenvalue weighted by molar-refractivity contribution is 6.03. The highest BCUT2D eigenvalue weighted by Crippen LogP contribution is 2.39. The molecule has 2 bridgehead atoms. The minimum absolute atomic E-state index is 0.0497. The van der Waals surface area contributed by atoms with Crippen molar-refractivity contribution in [3.05, 3.63) is 41.5 Å². The van der Waals surface area contributed by atoms with Gasteiger partial charge in [0.15, 0.2) is 11.5 Å². The molecule has 3 aromatic rings. The number of aromatic nitrogens is 4. The topological polar surface area (TPSA) is 120 Å². The Hall–Kier alpha value is -3.47. The van der Waals surface area contributed by atoms with Crippen LogP contribution < -0.4 is 20.9 Å². The Morgan fingerprint density at radius 2 is 2.24 bits per heavy atom. The highest BCUT2D eigenvalue weighted by atomic mass is 19.1. The summed E-state index contributed by atoms with van der Waals surface area (Å²) in [6.07, 6.45) is 4.49. The molecule has 29 heavy (non-hydrogen) atoms. The molecule has 2 aliphatic rings. The van der Waals surface area contributed by atoms with Crippen LogP contribution in [-0.2, 0) is 4.84 Å². The van der Waals surface area contributed by atoms with E-state index in [1.807, 2.05) is 0 Å². The van der Waals surface area contributed by atoms with Crippen LogP contribution in [0.2, 0.25) is 0 Å². The van der Waals surface area contributed by atoms with Crippen molar-refractivity contribution in [3.8, 4) is 5.88 Å². The fourth-order valence-corrected chi connectivity index (χ4v) is 3.83. The summed E-state index contributed by atoms with van der Waals surface area (Å²) in [6.45, 7) is 0.912. The lowest BCUT2D eigenvalue weighted by Gasteiger charge is -2.27. The molecule has 0 aliphatic carbocycles. The van der Waals surface area contributed by atoms with Crippen molar-refractivity contribution in [1.29, 1.82) is 0 Å². The summed E-state index contributed by atoms with van der Waals surface area (Å²) in [5.41, 5.74) is 9.36. The maximum atomic E-state index is 14.0. The fraction of sp³-hybridized carbons (Fsp3) is 0.333. The van der Waals surface area contributed by atoms with E-state index < -0.39 is 11.7 Å². The van der Waals surface area contributed by atoms with Crippen molar-refractivity contribution in [1.82, 2.24) is 25.1 Å². The summed E-state index contributed by atoms with van der Waals surface area (Å²) in [5.74, 6) is 0.0392. The largest absolute Gasteiger partial charge is 0.475 e. The van der Waals surface area contributed by atoms with Gasteiger partial charge in [-0.15, -0.1) is 5.10 Å². The van der Waals surface area contributed by atoms with Crippen LogP contribution in [0, 0.1) is 5.82 Å². The summed E-state index contributed by atoms with van der Waals surface area (Å²) in [5, 5.41) is 4.14. The molecule has 0 radical (unpaired) electrons. The average molecular weight is 399 g/mol. The molecule has 1 fully saturated rings. The number of pyridine rings is 1. The van der Waals surface area contributed by atoms with Gasteiger partial charge in [-0.2, -0.15) is 0 Å². The molecule has 1 saturated heterocycles. The third kappa shape index (κ3) is 2.99. The first-order valence-corrected chi connectivity index (χ1v) is 9.23. The van der Waals surface area contributed by atoms with Crippen molar-refractivity contribution in [2.45, 2.75) is 18.9 Å². The van der Waals surface area contributed by atoms with E-state index in [1.165, 1.54) is 10.6 Å². The second-order valence-electron chi connectivity index (χ2n) is 6.84. The van der Waals surface area contributed by atoms with Crippen molar-refractivity contribution in [2.75, 3.05) is 30.4 Å². The molecule has 1 amide bonds. The van der Waals surface area contributed by atoms with Gasteiger partial charge in [-0.1, -0.05) is 0 Å². The molecule has 1 unspecified atom stereocenters. The monoisotopic (exact) mass is 399 g/mol. The number of ether oxygens (including phenoxy) is 1. The first-order valence-electron chi connectivity index (χ1n) is 9.23. The molecule has 5 rings (SSSR count). The van der Waals surface area contributed by atoms with Gasteiger partial charge in [0.25, 0.3) is 5.91 Å². The van der Waals surface area contributed by atoms with Gasteiger partial charge in [-0.05, 0) is 25.0 Å². The standard InChI is InChI=1S/C18H18FN7O3/c19-10-8-11-12-2-1-4-25(12)13-3-5-26-16(22-13)14(15(20)23-26)17(27)24-29-7-6-28-18(11)21-9-10/h3,5,8-9,12H,1-2,4,6-7H2,(H2,20,23)(H,24,27). The number of halogens is 1. The predicted octanol–water partition coefficient (Wildman–Crippen LogP) is 1.24. The Morgan fingerprint density at radius 1 is 1.34 bits per heavy atom. The van der Waals surface area contributed by atoms with E-state index >= 15 is 0 Å². The van der Waals surface area contributed by atoms with Crippen molar-refractivity contribution < 1.29 is 18.8 Å². The number of nitrogen functional groups attached to an aromatic ring is 1. The molecule has 3 aromatic heterocycles. The molecule has 150 valence electrons. The second-order valence-corrected chi connectivity index (χ2v) is 6.84. The fourth-order valence-electron chi connectivity index (χ4n) is 3.83. The third-order valence-corrected chi connectivity index (χ3v) is 5.07. The molecule has 0 aromatic carbocycles. The van der Waals surface area contributed by atoms with Crippen LogP contribution >= 0.6 is 0 Å². The maximum absolute atomic E-state index is 14.0. The smallest absolute Gasteiger partial charge is 0.282 e. The Balaban J connectivity index is 1.67. The number of hydrogen-bond donors (Lipinski definition) is 2. The van der Waals surface area contributed by atoms with Gasteiger partial charge in [-0.25, -0.2) is 24.4 Å². The lowest BCUT2D eigenvalue weighted by Crippen LogP contribution is -2.28. The minimum Gasteiger partial charge on any atom is -0.475 e. The molecule has 2 aliphatic heterocycles. The van der Waals surface area contributed by atoms with Crippen molar-refractivity contribution in [3.63, 3.8) is 0 Å². The number of carbonyl (C=O) groups excluding carboxylic acids is 1. The van der Waals surface area contributed by atoms with Gasteiger partial charge in [0, 0.05) is 18.3 Å². The quantitative estimate of drug-likeness (QED) is 0.579. The number of carbonyl (C=O) groups is 1. The van der Waals surface area contributed by atoms with Crippen LogP contribution in [0.1, 0.15) is 34.8 Å². The number of nitrogens with two attached hydrogens (primary N) is 1. The lowest BCUT2D eigenvalue weighted by atomic mass is 10.1. The number of nitrogens with zero attached hydrogens (tertiary/aromatic N) is 5. The van der Waals surface area contributed by atoms with Gasteiger partial charge in [-0.3, -0.25) is 9.63 Å². The molecular formula is C18H18FN7O3. The first-order chi connectivity index (χ1) is 14.1. The Kier molecular flexibility index (Phi) is 4.16. The summed E-state index contributed by atoms with van der Waals surface area (Å²) in [7, 11) is 0. The zero-order valence-corrected chi connectivity index (χ0v) is 15.3. The zero-order chi connectivity index (χ0) is 20.0. The van der Waals surface area contributed by atoms with Crippen molar-refractivity contribution >= 4 is 23.2 Å². The number of rotatable bonds is 0. The Bertz CT molecular complexity index is 1100. The summed E-state index contributed by atoms with van der Waals surface area (Å²) >= 11 is 0. The van der Waals surface area contributed by atoms with Crippen LogP contribution in [0.4, 0.5) is 16.0 Å². The van der Waals surface area contributed by atoms with Crippen LogP contribution in [-0.4, -0.2) is 45.2 Å². The van der Waals surface area contributed by atoms with Gasteiger partial charge < -0.3 is 15.4 Å². The second kappa shape index (κ2) is 6.85. The molecule has 3 N–H and O–H groups in total. The van der Waals surface area contributed by atoms with Crippen LogP contribution in [0.5, 0.6) is 5.88 Å². The van der Waals surface area contributed by atoms with E-state index in [-0.39, 0.29) is 30.6 Å². The maximum Gasteiger partial charge on any atom is 0.282 e. The molecular weight excluding hydrogens is 381 g/mol. The SMILES string of the molecule is Nc1nn2ccc3nc2c1C(=O)NOCCOc1ncc(F)cc1C1CCCN31. The summed E-state index contributed by atoms with van der Waals surface area (Å²) in [6, 6.07) is 3.07. The Morgan fingerprint density at radius 3 is 3.14 bits per heavy atom. The van der Waals surface area contributed by atoms with E-state index in [9.17, 15) is 9.18 Å². The average Bonchev–Trinajstić information content (AvgIpc) is 3.31. The van der Waals surface area contributed by atoms with E-state index in [0.29, 0.717) is 22.9 Å². The van der Waals surface area contributed by atoms with E-state index in [0.717, 1.165) is 25.6 Å². The van der Waals surface area contributed by atoms with Gasteiger partial charge >= 0.3 is 0 Å². The predicted molar refractivity (Wildman–Crippen MR) is 99.8 cm³/mol. The normalized spacial score (nSPS) is 19.4. The van der Waals surface area contributed by atoms with Crippen LogP contribution in [0.25, 0.3) is 5.65 Å². The molecule has 0 saturated carbocycles. The van der Waals surface area contributed by atoms with E-state index in [2.05, 4.69) is 25.4 Å². The molecule has 11 heteroatoms. The summed E-state index contributed by atoms with van der Waals surface area (Å²) < 4.78 is 21.1. The number of hydrogen-bond acceptors (Lipinski definition) is 8. The van der Waals surface area contributed by atoms with Gasteiger partial charge in [0.2, 0.25) is 5.88 Å². The molecule has 5 heterocycles. The number of fused-ring (bicyclic) bond motifs is 5. The Labute approximate surface area is 164 Å². The van der Waals surface area contributed by atoms with Crippen LogP contribution in [0.3, 0.4) is 0 Å². The van der Waals surface area contributed by atoms with Gasteiger partial charge in [0.05, 0.1) is 12.2 Å². The van der Waals surface area contributed by atoms with E-state index in [1.54, 1.807) is 12.3 Å². The van der Waals surface area contributed by atoms with Crippen molar-refractivity contribution in [2.24, 2.45) is 0 Å². The number of nitrogens with one attached hydrogen (secondary N) is 1. The first kappa shape index (κ1) is 17.6. The summed E-state index contributed by atoms with van der Waals surface area (Å²) in [4.78, 5) is 28.5. The van der Waals surface area contributed by atoms with E-state index in [4.69, 9.17) is 15.3 Å².